The molecule has 0 aliphatic rings. The second-order valence-electron chi connectivity index (χ2n) is 3.13. The predicted molar refractivity (Wildman–Crippen MR) is 59.5 cm³/mol. The molecule has 2 nitrogen and oxygen atoms in total. The normalized spacial score (nSPS) is 9.86. The lowest BCUT2D eigenvalue weighted by molar-refractivity contribution is -0.116. The zero-order valence-corrected chi connectivity index (χ0v) is 8.97. The van der Waals surface area contributed by atoms with Gasteiger partial charge in [0, 0.05) is 18.0 Å². The van der Waals surface area contributed by atoms with Crippen LogP contribution in [-0.2, 0) is 10.7 Å². The fourth-order valence-electron chi connectivity index (χ4n) is 1.18. The van der Waals surface area contributed by atoms with Gasteiger partial charge in [0.2, 0.25) is 5.91 Å². The van der Waals surface area contributed by atoms with E-state index in [1.807, 2.05) is 31.2 Å². The molecule has 14 heavy (non-hydrogen) atoms. The molecule has 0 saturated heterocycles. The topological polar surface area (TPSA) is 29.1 Å². The Balaban J connectivity index is 2.62. The molecule has 0 heterocycles. The van der Waals surface area contributed by atoms with Crippen molar-refractivity contribution in [3.8, 4) is 0 Å². The molecule has 0 aliphatic heterocycles. The molecule has 0 atom stereocenters. The van der Waals surface area contributed by atoms with E-state index in [9.17, 15) is 4.79 Å². The van der Waals surface area contributed by atoms with Gasteiger partial charge in [0.25, 0.3) is 0 Å². The molecule has 3 heteroatoms. The number of hydrogen-bond donors (Lipinski definition) is 1. The number of nitrogens with one attached hydrogen (secondary N) is 1. The highest BCUT2D eigenvalue weighted by Crippen LogP contribution is 2.12. The monoisotopic (exact) mass is 211 g/mol. The minimum Gasteiger partial charge on any atom is -0.326 e. The van der Waals surface area contributed by atoms with Crippen molar-refractivity contribution in [2.75, 3.05) is 5.32 Å². The molecule has 1 aromatic carbocycles. The third kappa shape index (κ3) is 3.38. The van der Waals surface area contributed by atoms with E-state index in [1.54, 1.807) is 0 Å². The summed E-state index contributed by atoms with van der Waals surface area (Å²) in [6, 6.07) is 7.58. The number of hydrogen-bond acceptors (Lipinski definition) is 1. The number of benzene rings is 1. The fraction of sp³-hybridized carbons (Fsp3) is 0.364. The number of carbonyl (C=O) groups is 1. The van der Waals surface area contributed by atoms with Crippen LogP contribution in [0.4, 0.5) is 5.69 Å². The molecular weight excluding hydrogens is 198 g/mol. The van der Waals surface area contributed by atoms with Crippen molar-refractivity contribution >= 4 is 23.2 Å². The van der Waals surface area contributed by atoms with Crippen LogP contribution in [0.3, 0.4) is 0 Å². The van der Waals surface area contributed by atoms with E-state index >= 15 is 0 Å². The second kappa shape index (κ2) is 5.66. The SMILES string of the molecule is CCCC(=O)Nc1cccc(CCl)c1. The molecule has 0 spiro atoms. The molecule has 1 aromatic rings. The van der Waals surface area contributed by atoms with Crippen LogP contribution in [-0.4, -0.2) is 5.91 Å². The maximum Gasteiger partial charge on any atom is 0.224 e. The minimum absolute atomic E-state index is 0.0548. The molecule has 1 rings (SSSR count). The molecule has 1 N–H and O–H groups in total. The van der Waals surface area contributed by atoms with Crippen molar-refractivity contribution in [1.29, 1.82) is 0 Å². The summed E-state index contributed by atoms with van der Waals surface area (Å²) in [4.78, 5) is 11.3. The standard InChI is InChI=1S/C11H14ClNO/c1-2-4-11(14)13-10-6-3-5-9(7-10)8-12/h3,5-7H,2,4,8H2,1H3,(H,13,14). The maximum absolute atomic E-state index is 11.3. The lowest BCUT2D eigenvalue weighted by Crippen LogP contribution is -2.10. The average Bonchev–Trinajstić information content (AvgIpc) is 2.18. The number of halogens is 1. The Kier molecular flexibility index (Phi) is 4.47. The summed E-state index contributed by atoms with van der Waals surface area (Å²) >= 11 is 5.68. The molecular formula is C11H14ClNO. The molecule has 0 radical (unpaired) electrons. The Morgan fingerprint density at radius 3 is 2.93 bits per heavy atom. The number of amides is 1. The third-order valence-corrected chi connectivity index (χ3v) is 2.15. The van der Waals surface area contributed by atoms with Crippen LogP contribution >= 0.6 is 11.6 Å². The number of carbonyl (C=O) groups excluding carboxylic acids is 1. The van der Waals surface area contributed by atoms with Crippen molar-refractivity contribution in [3.05, 3.63) is 29.8 Å². The van der Waals surface area contributed by atoms with Gasteiger partial charge in [-0.05, 0) is 24.1 Å². The Hall–Kier alpha value is -1.02. The first kappa shape index (κ1) is 11.1. The van der Waals surface area contributed by atoms with Gasteiger partial charge < -0.3 is 5.32 Å². The first-order chi connectivity index (χ1) is 6.76. The average molecular weight is 212 g/mol. The Morgan fingerprint density at radius 2 is 2.29 bits per heavy atom. The first-order valence-corrected chi connectivity index (χ1v) is 5.24. The van der Waals surface area contributed by atoms with Gasteiger partial charge in [-0.1, -0.05) is 19.1 Å². The van der Waals surface area contributed by atoms with Crippen LogP contribution < -0.4 is 5.32 Å². The summed E-state index contributed by atoms with van der Waals surface area (Å²) in [7, 11) is 0. The van der Waals surface area contributed by atoms with E-state index < -0.39 is 0 Å². The molecule has 0 aliphatic carbocycles. The summed E-state index contributed by atoms with van der Waals surface area (Å²) in [6.45, 7) is 1.98. The van der Waals surface area contributed by atoms with Gasteiger partial charge in [0.15, 0.2) is 0 Å². The highest BCUT2D eigenvalue weighted by molar-refractivity contribution is 6.17. The zero-order chi connectivity index (χ0) is 10.4. The molecule has 76 valence electrons. The molecule has 0 unspecified atom stereocenters. The molecule has 0 bridgehead atoms. The van der Waals surface area contributed by atoms with Gasteiger partial charge in [0.1, 0.15) is 0 Å². The quantitative estimate of drug-likeness (QED) is 0.762. The number of rotatable bonds is 4. The van der Waals surface area contributed by atoms with Gasteiger partial charge >= 0.3 is 0 Å². The van der Waals surface area contributed by atoms with Crippen LogP contribution in [0, 0.1) is 0 Å². The predicted octanol–water partition coefficient (Wildman–Crippen LogP) is 3.16. The lowest BCUT2D eigenvalue weighted by atomic mass is 10.2. The lowest BCUT2D eigenvalue weighted by Gasteiger charge is -2.05. The van der Waals surface area contributed by atoms with E-state index in [-0.39, 0.29) is 5.91 Å². The van der Waals surface area contributed by atoms with Crippen molar-refractivity contribution in [3.63, 3.8) is 0 Å². The van der Waals surface area contributed by atoms with Crippen molar-refractivity contribution < 1.29 is 4.79 Å². The Morgan fingerprint density at radius 1 is 1.50 bits per heavy atom. The molecule has 0 aromatic heterocycles. The van der Waals surface area contributed by atoms with E-state index in [1.165, 1.54) is 0 Å². The first-order valence-electron chi connectivity index (χ1n) is 4.71. The van der Waals surface area contributed by atoms with Gasteiger partial charge in [-0.25, -0.2) is 0 Å². The van der Waals surface area contributed by atoms with Gasteiger partial charge in [0.05, 0.1) is 0 Å². The molecule has 0 saturated carbocycles. The highest BCUT2D eigenvalue weighted by atomic mass is 35.5. The molecule has 1 amide bonds. The Labute approximate surface area is 89.3 Å². The maximum atomic E-state index is 11.3. The van der Waals surface area contributed by atoms with Crippen LogP contribution in [0.1, 0.15) is 25.3 Å². The molecule has 0 fully saturated rings. The summed E-state index contributed by atoms with van der Waals surface area (Å²) < 4.78 is 0. The van der Waals surface area contributed by atoms with Gasteiger partial charge in [-0.2, -0.15) is 0 Å². The van der Waals surface area contributed by atoms with E-state index in [0.717, 1.165) is 17.7 Å². The Bertz CT molecular complexity index is 312. The van der Waals surface area contributed by atoms with Crippen molar-refractivity contribution in [1.82, 2.24) is 0 Å². The van der Waals surface area contributed by atoms with Crippen molar-refractivity contribution in [2.45, 2.75) is 25.6 Å². The van der Waals surface area contributed by atoms with Gasteiger partial charge in [-0.3, -0.25) is 4.79 Å². The zero-order valence-electron chi connectivity index (χ0n) is 8.22. The number of anilines is 1. The highest BCUT2D eigenvalue weighted by Gasteiger charge is 2.00. The van der Waals surface area contributed by atoms with E-state index in [2.05, 4.69) is 5.32 Å². The summed E-state index contributed by atoms with van der Waals surface area (Å²) in [5, 5.41) is 2.82. The van der Waals surface area contributed by atoms with Crippen LogP contribution in [0.15, 0.2) is 24.3 Å². The van der Waals surface area contributed by atoms with Gasteiger partial charge in [-0.15, -0.1) is 11.6 Å². The second-order valence-corrected chi connectivity index (χ2v) is 3.40. The fourth-order valence-corrected chi connectivity index (χ4v) is 1.35. The summed E-state index contributed by atoms with van der Waals surface area (Å²) in [5.74, 6) is 0.525. The van der Waals surface area contributed by atoms with Crippen LogP contribution in [0.25, 0.3) is 0 Å². The minimum atomic E-state index is 0.0548. The van der Waals surface area contributed by atoms with Crippen molar-refractivity contribution in [2.24, 2.45) is 0 Å². The number of alkyl halides is 1. The van der Waals surface area contributed by atoms with E-state index in [4.69, 9.17) is 11.6 Å². The van der Waals surface area contributed by atoms with Crippen LogP contribution in [0.5, 0.6) is 0 Å². The van der Waals surface area contributed by atoms with E-state index in [0.29, 0.717) is 12.3 Å². The largest absolute Gasteiger partial charge is 0.326 e. The summed E-state index contributed by atoms with van der Waals surface area (Å²) in [5.41, 5.74) is 1.84. The third-order valence-electron chi connectivity index (χ3n) is 1.84. The van der Waals surface area contributed by atoms with Crippen LogP contribution in [0.2, 0.25) is 0 Å². The smallest absolute Gasteiger partial charge is 0.224 e. The summed E-state index contributed by atoms with van der Waals surface area (Å²) in [6.07, 6.45) is 1.42.